The van der Waals surface area contributed by atoms with Gasteiger partial charge in [-0.05, 0) is 39.8 Å². The van der Waals surface area contributed by atoms with Gasteiger partial charge in [0.1, 0.15) is 6.04 Å². The molecule has 7 heteroatoms. The summed E-state index contributed by atoms with van der Waals surface area (Å²) in [5, 5.41) is 15.0. The summed E-state index contributed by atoms with van der Waals surface area (Å²) in [5.74, 6) is 0.478. The molecule has 0 unspecified atom stereocenters. The van der Waals surface area contributed by atoms with Gasteiger partial charge in [-0.3, -0.25) is 14.2 Å². The monoisotopic (exact) mass is 302 g/mol. The minimum atomic E-state index is -0.369. The van der Waals surface area contributed by atoms with Crippen LogP contribution in [-0.2, 0) is 4.79 Å². The number of nitrogens with one attached hydrogen (secondary N) is 2. The number of aromatic nitrogens is 4. The maximum atomic E-state index is 12.4. The lowest BCUT2D eigenvalue weighted by atomic mass is 10.3. The van der Waals surface area contributed by atoms with Crippen LogP contribution in [0.25, 0.3) is 0 Å². The van der Waals surface area contributed by atoms with E-state index in [1.807, 2.05) is 43.8 Å². The fraction of sp³-hybridized carbons (Fsp3) is 0.533. The van der Waals surface area contributed by atoms with Crippen LogP contribution in [0.5, 0.6) is 0 Å². The molecule has 0 aromatic carbocycles. The molecule has 3 heterocycles. The number of carbonyl (C=O) groups excluding carboxylic acids is 1. The first-order valence-corrected chi connectivity index (χ1v) is 7.64. The van der Waals surface area contributed by atoms with E-state index >= 15 is 0 Å². The third-order valence-electron chi connectivity index (χ3n) is 4.06. The highest BCUT2D eigenvalue weighted by atomic mass is 16.2. The Hall–Kier alpha value is -2.15. The highest BCUT2D eigenvalue weighted by Gasteiger charge is 2.20. The predicted molar refractivity (Wildman–Crippen MR) is 83.8 cm³/mol. The second kappa shape index (κ2) is 5.92. The van der Waals surface area contributed by atoms with Gasteiger partial charge in [0.05, 0.1) is 11.7 Å². The van der Waals surface area contributed by atoms with E-state index in [9.17, 15) is 4.79 Å². The van der Waals surface area contributed by atoms with Crippen LogP contribution in [0.3, 0.4) is 0 Å². The summed E-state index contributed by atoms with van der Waals surface area (Å²) in [5.41, 5.74) is 1.89. The van der Waals surface area contributed by atoms with Gasteiger partial charge in [-0.15, -0.1) is 0 Å². The largest absolute Gasteiger partial charge is 0.315 e. The zero-order valence-electron chi connectivity index (χ0n) is 13.2. The van der Waals surface area contributed by atoms with E-state index in [1.165, 1.54) is 0 Å². The van der Waals surface area contributed by atoms with Gasteiger partial charge >= 0.3 is 0 Å². The molecule has 1 fully saturated rings. The Morgan fingerprint density at radius 1 is 1.45 bits per heavy atom. The number of aryl methyl sites for hydroxylation is 2. The van der Waals surface area contributed by atoms with Gasteiger partial charge in [-0.25, -0.2) is 0 Å². The number of amides is 1. The highest BCUT2D eigenvalue weighted by Crippen LogP contribution is 2.17. The molecule has 1 aliphatic rings. The lowest BCUT2D eigenvalue weighted by Gasteiger charge is -2.13. The lowest BCUT2D eigenvalue weighted by molar-refractivity contribution is -0.119. The molecule has 3 rings (SSSR count). The summed E-state index contributed by atoms with van der Waals surface area (Å²) in [6.07, 6.45) is 2.98. The summed E-state index contributed by atoms with van der Waals surface area (Å²) < 4.78 is 3.66. The molecule has 0 aliphatic carbocycles. The van der Waals surface area contributed by atoms with Crippen LogP contribution in [0.1, 0.15) is 36.8 Å². The summed E-state index contributed by atoms with van der Waals surface area (Å²) in [6, 6.07) is 3.81. The van der Waals surface area contributed by atoms with E-state index in [4.69, 9.17) is 0 Å². The predicted octanol–water partition coefficient (Wildman–Crippen LogP) is 1.43. The van der Waals surface area contributed by atoms with Gasteiger partial charge in [0.2, 0.25) is 5.91 Å². The van der Waals surface area contributed by atoms with Crippen molar-refractivity contribution in [1.82, 2.24) is 24.9 Å². The highest BCUT2D eigenvalue weighted by molar-refractivity contribution is 5.92. The molecule has 1 aliphatic heterocycles. The van der Waals surface area contributed by atoms with Gasteiger partial charge in [0.15, 0.2) is 5.82 Å². The van der Waals surface area contributed by atoms with Gasteiger partial charge in [-0.1, -0.05) is 0 Å². The first kappa shape index (κ1) is 14.8. The number of nitrogens with zero attached hydrogens (tertiary/aromatic N) is 4. The molecule has 2 atom stereocenters. The molecule has 0 bridgehead atoms. The Morgan fingerprint density at radius 3 is 2.91 bits per heavy atom. The Bertz CT molecular complexity index is 667. The van der Waals surface area contributed by atoms with Crippen molar-refractivity contribution in [1.29, 1.82) is 0 Å². The summed E-state index contributed by atoms with van der Waals surface area (Å²) in [7, 11) is 0. The van der Waals surface area contributed by atoms with Crippen molar-refractivity contribution < 1.29 is 4.79 Å². The summed E-state index contributed by atoms with van der Waals surface area (Å²) in [4.78, 5) is 12.4. The van der Waals surface area contributed by atoms with E-state index in [0.29, 0.717) is 11.9 Å². The van der Waals surface area contributed by atoms with Gasteiger partial charge in [0, 0.05) is 24.5 Å². The van der Waals surface area contributed by atoms with Gasteiger partial charge in [0.25, 0.3) is 0 Å². The average Bonchev–Trinajstić information content (AvgIpc) is 3.18. The van der Waals surface area contributed by atoms with Crippen molar-refractivity contribution in [2.75, 3.05) is 18.4 Å². The Labute approximate surface area is 129 Å². The number of rotatable bonds is 4. The van der Waals surface area contributed by atoms with Crippen molar-refractivity contribution in [2.24, 2.45) is 0 Å². The first-order valence-electron chi connectivity index (χ1n) is 7.64. The fourth-order valence-electron chi connectivity index (χ4n) is 2.85. The number of anilines is 1. The lowest BCUT2D eigenvalue weighted by Crippen LogP contribution is -2.25. The molecule has 2 N–H and O–H groups in total. The summed E-state index contributed by atoms with van der Waals surface area (Å²) in [6.45, 7) is 7.65. The van der Waals surface area contributed by atoms with Crippen LogP contribution >= 0.6 is 0 Å². The molecule has 2 aromatic rings. The quantitative estimate of drug-likeness (QED) is 0.896. The van der Waals surface area contributed by atoms with Crippen molar-refractivity contribution >= 4 is 11.7 Å². The molecule has 0 saturated carbocycles. The van der Waals surface area contributed by atoms with Crippen LogP contribution < -0.4 is 10.6 Å². The Kier molecular flexibility index (Phi) is 3.98. The third-order valence-corrected chi connectivity index (χ3v) is 4.06. The SMILES string of the molecule is Cc1cc(C)n([C@H](C)C(=O)Nc2ccn([C@H]3CCNC3)n2)n1. The standard InChI is InChI=1S/C15H22N6O/c1-10-8-11(2)21(18-10)12(3)15(22)17-14-5-7-20(19-14)13-4-6-16-9-13/h5,7-8,12-13,16H,4,6,9H2,1-3H3,(H,17,19,22)/t12-,13+/m1/s1. The minimum Gasteiger partial charge on any atom is -0.315 e. The zero-order chi connectivity index (χ0) is 15.7. The molecule has 22 heavy (non-hydrogen) atoms. The zero-order valence-corrected chi connectivity index (χ0v) is 13.2. The molecule has 0 radical (unpaired) electrons. The third kappa shape index (κ3) is 2.89. The van der Waals surface area contributed by atoms with Crippen LogP contribution in [-0.4, -0.2) is 38.6 Å². The molecule has 118 valence electrons. The normalized spacial score (nSPS) is 19.3. The summed E-state index contributed by atoms with van der Waals surface area (Å²) >= 11 is 0. The van der Waals surface area contributed by atoms with E-state index in [0.717, 1.165) is 30.9 Å². The van der Waals surface area contributed by atoms with Crippen molar-refractivity contribution in [2.45, 2.75) is 39.3 Å². The fourth-order valence-corrected chi connectivity index (χ4v) is 2.85. The molecule has 2 aromatic heterocycles. The minimum absolute atomic E-state index is 0.110. The van der Waals surface area contributed by atoms with Crippen LogP contribution in [0.2, 0.25) is 0 Å². The maximum absolute atomic E-state index is 12.4. The van der Waals surface area contributed by atoms with E-state index in [-0.39, 0.29) is 11.9 Å². The Morgan fingerprint density at radius 2 is 2.27 bits per heavy atom. The number of hydrogen-bond acceptors (Lipinski definition) is 4. The average molecular weight is 302 g/mol. The number of carbonyl (C=O) groups is 1. The second-order valence-electron chi connectivity index (χ2n) is 5.86. The van der Waals surface area contributed by atoms with E-state index < -0.39 is 0 Å². The molecule has 0 spiro atoms. The molecular formula is C15H22N6O. The maximum Gasteiger partial charge on any atom is 0.250 e. The molecule has 7 nitrogen and oxygen atoms in total. The number of hydrogen-bond donors (Lipinski definition) is 2. The second-order valence-corrected chi connectivity index (χ2v) is 5.86. The van der Waals surface area contributed by atoms with Crippen molar-refractivity contribution in [3.63, 3.8) is 0 Å². The van der Waals surface area contributed by atoms with Crippen LogP contribution in [0.15, 0.2) is 18.3 Å². The van der Waals surface area contributed by atoms with Crippen LogP contribution in [0, 0.1) is 13.8 Å². The van der Waals surface area contributed by atoms with E-state index in [2.05, 4.69) is 20.8 Å². The topological polar surface area (TPSA) is 76.8 Å². The van der Waals surface area contributed by atoms with Crippen LogP contribution in [0.4, 0.5) is 5.82 Å². The molecular weight excluding hydrogens is 280 g/mol. The molecule has 1 amide bonds. The van der Waals surface area contributed by atoms with Gasteiger partial charge < -0.3 is 10.6 Å². The van der Waals surface area contributed by atoms with E-state index in [1.54, 1.807) is 4.68 Å². The van der Waals surface area contributed by atoms with Crippen molar-refractivity contribution in [3.8, 4) is 0 Å². The smallest absolute Gasteiger partial charge is 0.250 e. The van der Waals surface area contributed by atoms with Gasteiger partial charge in [-0.2, -0.15) is 10.2 Å². The first-order chi connectivity index (χ1) is 10.5. The van der Waals surface area contributed by atoms with Crippen molar-refractivity contribution in [3.05, 3.63) is 29.7 Å². The molecule has 1 saturated heterocycles. The Balaban J connectivity index is 1.67.